The van der Waals surface area contributed by atoms with Gasteiger partial charge in [0.25, 0.3) is 0 Å². The number of hydrogen-bond donors (Lipinski definition) is 1. The molecule has 0 aliphatic carbocycles. The summed E-state index contributed by atoms with van der Waals surface area (Å²) in [5.41, 5.74) is 0. The summed E-state index contributed by atoms with van der Waals surface area (Å²) in [5.74, 6) is -1.44. The molecule has 1 aliphatic rings. The van der Waals surface area contributed by atoms with Crippen molar-refractivity contribution in [1.82, 2.24) is 4.90 Å². The van der Waals surface area contributed by atoms with Crippen molar-refractivity contribution in [2.24, 2.45) is 5.92 Å². The number of rotatable bonds is 5. The van der Waals surface area contributed by atoms with Crippen LogP contribution in [0.2, 0.25) is 0 Å². The van der Waals surface area contributed by atoms with Crippen molar-refractivity contribution in [2.45, 2.75) is 19.1 Å². The maximum absolute atomic E-state index is 11.6. The second-order valence-corrected chi connectivity index (χ2v) is 5.10. The third-order valence-electron chi connectivity index (χ3n) is 2.30. The van der Waals surface area contributed by atoms with Gasteiger partial charge in [0.2, 0.25) is 5.91 Å². The number of hydrogen-bond acceptors (Lipinski definition) is 5. The van der Waals surface area contributed by atoms with Crippen LogP contribution in [0.5, 0.6) is 0 Å². The molecule has 2 amide bonds. The minimum absolute atomic E-state index is 0.0236. The highest BCUT2D eigenvalue weighted by atomic mass is 32.2. The Balaban J connectivity index is 2.46. The molecule has 0 bridgehead atoms. The number of carboxylic acids is 1. The average Bonchev–Trinajstić information content (AvgIpc) is 2.63. The molecule has 7 heteroatoms. The third-order valence-corrected chi connectivity index (χ3v) is 3.82. The number of carbonyl (C=O) groups is 3. The van der Waals surface area contributed by atoms with E-state index in [1.165, 1.54) is 0 Å². The first-order valence-electron chi connectivity index (χ1n) is 5.25. The van der Waals surface area contributed by atoms with E-state index in [1.807, 2.05) is 0 Å². The molecule has 1 saturated heterocycles. The Bertz CT molecular complexity index is 331. The molecule has 6 nitrogen and oxygen atoms in total. The van der Waals surface area contributed by atoms with Crippen molar-refractivity contribution in [1.29, 1.82) is 0 Å². The summed E-state index contributed by atoms with van der Waals surface area (Å²) in [5, 5.41) is 8.30. The molecule has 0 saturated carbocycles. The first kappa shape index (κ1) is 13.8. The lowest BCUT2D eigenvalue weighted by Gasteiger charge is -2.16. The second-order valence-electron chi connectivity index (χ2n) is 3.97. The highest BCUT2D eigenvalue weighted by molar-refractivity contribution is 8.01. The van der Waals surface area contributed by atoms with E-state index in [4.69, 9.17) is 5.11 Å². The number of thioether (sulfide) groups is 1. The predicted molar refractivity (Wildman–Crippen MR) is 61.8 cm³/mol. The maximum atomic E-state index is 11.6. The van der Waals surface area contributed by atoms with E-state index in [2.05, 4.69) is 4.74 Å². The van der Waals surface area contributed by atoms with Crippen LogP contribution >= 0.6 is 11.8 Å². The molecule has 0 spiro atoms. The number of cyclic esters (lactones) is 1. The van der Waals surface area contributed by atoms with Crippen molar-refractivity contribution in [3.8, 4) is 0 Å². The van der Waals surface area contributed by atoms with Gasteiger partial charge in [-0.2, -0.15) is 0 Å². The van der Waals surface area contributed by atoms with Crippen LogP contribution in [-0.4, -0.2) is 52.1 Å². The topological polar surface area (TPSA) is 83.9 Å². The summed E-state index contributed by atoms with van der Waals surface area (Å²) in [7, 11) is 0. The fourth-order valence-corrected chi connectivity index (χ4v) is 2.41. The minimum Gasteiger partial charge on any atom is -0.480 e. The van der Waals surface area contributed by atoms with Gasteiger partial charge in [0.1, 0.15) is 11.9 Å². The molecule has 1 fully saturated rings. The van der Waals surface area contributed by atoms with Crippen LogP contribution in [-0.2, 0) is 14.3 Å². The number of aliphatic carboxylic acids is 1. The third kappa shape index (κ3) is 3.62. The van der Waals surface area contributed by atoms with E-state index in [1.54, 1.807) is 13.8 Å². The lowest BCUT2D eigenvalue weighted by Crippen LogP contribution is -2.34. The monoisotopic (exact) mass is 261 g/mol. The van der Waals surface area contributed by atoms with E-state index >= 15 is 0 Å². The highest BCUT2D eigenvalue weighted by Crippen LogP contribution is 2.20. The summed E-state index contributed by atoms with van der Waals surface area (Å²) in [6.07, 6.45) is -0.646. The Kier molecular flexibility index (Phi) is 4.80. The molecule has 0 aromatic rings. The van der Waals surface area contributed by atoms with Gasteiger partial charge in [0.05, 0.1) is 12.3 Å². The summed E-state index contributed by atoms with van der Waals surface area (Å²) in [6, 6.07) is 0. The normalized spacial score (nSPS) is 17.1. The van der Waals surface area contributed by atoms with E-state index < -0.39 is 23.2 Å². The molecule has 0 aromatic carbocycles. The van der Waals surface area contributed by atoms with Gasteiger partial charge in [-0.1, -0.05) is 13.8 Å². The summed E-state index contributed by atoms with van der Waals surface area (Å²) in [4.78, 5) is 34.6. The Morgan fingerprint density at radius 2 is 2.18 bits per heavy atom. The lowest BCUT2D eigenvalue weighted by atomic mass is 10.1. The van der Waals surface area contributed by atoms with Gasteiger partial charge in [-0.25, -0.2) is 9.69 Å². The molecule has 1 unspecified atom stereocenters. The van der Waals surface area contributed by atoms with Gasteiger partial charge >= 0.3 is 12.1 Å². The first-order chi connectivity index (χ1) is 7.93. The number of nitrogens with zero attached hydrogens (tertiary/aromatic N) is 1. The van der Waals surface area contributed by atoms with Crippen LogP contribution < -0.4 is 0 Å². The van der Waals surface area contributed by atoms with E-state index in [9.17, 15) is 14.4 Å². The van der Waals surface area contributed by atoms with Crippen molar-refractivity contribution >= 4 is 29.7 Å². The van der Waals surface area contributed by atoms with Crippen molar-refractivity contribution in [3.63, 3.8) is 0 Å². The Morgan fingerprint density at radius 1 is 1.53 bits per heavy atom. The SMILES string of the molecule is CC(C)C(SCC(=O)N1CCOC1=O)C(=O)O. The predicted octanol–water partition coefficient (Wildman–Crippen LogP) is 0.808. The molecular formula is C10H15NO5S. The Labute approximate surface area is 103 Å². The zero-order valence-corrected chi connectivity index (χ0v) is 10.5. The highest BCUT2D eigenvalue weighted by Gasteiger charge is 2.30. The van der Waals surface area contributed by atoms with Crippen LogP contribution in [0.3, 0.4) is 0 Å². The first-order valence-corrected chi connectivity index (χ1v) is 6.30. The van der Waals surface area contributed by atoms with E-state index in [0.717, 1.165) is 16.7 Å². The summed E-state index contributed by atoms with van der Waals surface area (Å²) in [6.45, 7) is 4.01. The van der Waals surface area contributed by atoms with Crippen molar-refractivity contribution < 1.29 is 24.2 Å². The van der Waals surface area contributed by atoms with Crippen LogP contribution in [0.25, 0.3) is 0 Å². The smallest absolute Gasteiger partial charge is 0.416 e. The zero-order valence-electron chi connectivity index (χ0n) is 9.71. The molecule has 1 N–H and O–H groups in total. The lowest BCUT2D eigenvalue weighted by molar-refractivity contribution is -0.137. The number of amides is 2. The van der Waals surface area contributed by atoms with Gasteiger partial charge in [0.15, 0.2) is 0 Å². The van der Waals surface area contributed by atoms with Gasteiger partial charge < -0.3 is 9.84 Å². The fourth-order valence-electron chi connectivity index (χ4n) is 1.41. The fraction of sp³-hybridized carbons (Fsp3) is 0.700. The number of carbonyl (C=O) groups excluding carboxylic acids is 2. The van der Waals surface area contributed by atoms with Crippen molar-refractivity contribution in [2.75, 3.05) is 18.9 Å². The van der Waals surface area contributed by atoms with E-state index in [-0.39, 0.29) is 24.8 Å². The van der Waals surface area contributed by atoms with Gasteiger partial charge in [-0.3, -0.25) is 9.59 Å². The van der Waals surface area contributed by atoms with E-state index in [0.29, 0.717) is 0 Å². The molecule has 1 heterocycles. The Morgan fingerprint density at radius 3 is 2.59 bits per heavy atom. The van der Waals surface area contributed by atoms with Gasteiger partial charge in [0, 0.05) is 0 Å². The van der Waals surface area contributed by atoms with Gasteiger partial charge in [-0.15, -0.1) is 11.8 Å². The molecule has 96 valence electrons. The van der Waals surface area contributed by atoms with Crippen LogP contribution in [0, 0.1) is 5.92 Å². The minimum atomic E-state index is -0.943. The van der Waals surface area contributed by atoms with Crippen LogP contribution in [0.1, 0.15) is 13.8 Å². The molecule has 17 heavy (non-hydrogen) atoms. The Hall–Kier alpha value is -1.24. The molecule has 1 aliphatic heterocycles. The number of ether oxygens (including phenoxy) is 1. The quantitative estimate of drug-likeness (QED) is 0.788. The summed E-state index contributed by atoms with van der Waals surface area (Å²) >= 11 is 1.04. The van der Waals surface area contributed by atoms with Crippen LogP contribution in [0.4, 0.5) is 4.79 Å². The number of carboxylic acid groups (broad SMARTS) is 1. The standard InChI is InChI=1S/C10H15NO5S/c1-6(2)8(9(13)14)17-5-7(12)11-3-4-16-10(11)15/h6,8H,3-5H2,1-2H3,(H,13,14). The summed E-state index contributed by atoms with van der Waals surface area (Å²) < 4.78 is 4.63. The van der Waals surface area contributed by atoms with Gasteiger partial charge in [-0.05, 0) is 5.92 Å². The maximum Gasteiger partial charge on any atom is 0.416 e. The largest absolute Gasteiger partial charge is 0.480 e. The van der Waals surface area contributed by atoms with Crippen molar-refractivity contribution in [3.05, 3.63) is 0 Å². The molecule has 0 aromatic heterocycles. The molecule has 1 rings (SSSR count). The molecular weight excluding hydrogens is 246 g/mol. The second kappa shape index (κ2) is 5.90. The number of imide groups is 1. The molecule has 0 radical (unpaired) electrons. The average molecular weight is 261 g/mol. The zero-order chi connectivity index (χ0) is 13.0. The molecule has 1 atom stereocenters. The van der Waals surface area contributed by atoms with Crippen LogP contribution in [0.15, 0.2) is 0 Å².